The van der Waals surface area contributed by atoms with Crippen LogP contribution in [0.3, 0.4) is 0 Å². The van der Waals surface area contributed by atoms with Crippen LogP contribution in [-0.4, -0.2) is 26.5 Å². The van der Waals surface area contributed by atoms with Gasteiger partial charge in [-0.1, -0.05) is 26.2 Å². The molecule has 1 aromatic carbocycles. The molecule has 5 N–H and O–H groups in total. The summed E-state index contributed by atoms with van der Waals surface area (Å²) in [5.74, 6) is -0.874. The average Bonchev–Trinajstić information content (AvgIpc) is 2.77. The van der Waals surface area contributed by atoms with Crippen molar-refractivity contribution < 1.29 is 9.90 Å². The number of halogens is 1. The molecule has 1 aromatic heterocycles. The zero-order valence-corrected chi connectivity index (χ0v) is 13.8. The number of unbranched alkanes of at least 4 members (excludes halogenated alkanes) is 3. The van der Waals surface area contributed by atoms with Crippen molar-refractivity contribution in [1.29, 1.82) is 5.41 Å². The zero-order valence-electron chi connectivity index (χ0n) is 13.0. The molecule has 0 radical (unpaired) electrons. The number of amides is 1. The second-order valence-corrected chi connectivity index (χ2v) is 5.20. The van der Waals surface area contributed by atoms with E-state index in [9.17, 15) is 9.90 Å². The number of carbonyl (C=O) groups excluding carboxylic acids is 1. The minimum atomic E-state index is -0.466. The Bertz CT molecular complexity index is 698. The van der Waals surface area contributed by atoms with Gasteiger partial charge in [0.1, 0.15) is 0 Å². The lowest BCUT2D eigenvalue weighted by molar-refractivity contribution is 0.0976. The highest BCUT2D eigenvalue weighted by Gasteiger charge is 2.13. The number of guanidine groups is 1. The summed E-state index contributed by atoms with van der Waals surface area (Å²) in [6, 6.07) is 4.91. The van der Waals surface area contributed by atoms with E-state index in [0.717, 1.165) is 24.8 Å². The minimum absolute atomic E-state index is 0. The number of nitrogens with two attached hydrogens (primary N) is 1. The second-order valence-electron chi connectivity index (χ2n) is 5.20. The molecule has 0 saturated heterocycles. The van der Waals surface area contributed by atoms with E-state index in [4.69, 9.17) is 11.1 Å². The Morgan fingerprint density at radius 2 is 2.13 bits per heavy atom. The molecule has 7 nitrogen and oxygen atoms in total. The highest BCUT2D eigenvalue weighted by Crippen LogP contribution is 2.22. The van der Waals surface area contributed by atoms with Gasteiger partial charge in [-0.3, -0.25) is 20.1 Å². The Hall–Kier alpha value is -2.28. The van der Waals surface area contributed by atoms with Crippen LogP contribution in [0.5, 0.6) is 6.01 Å². The van der Waals surface area contributed by atoms with Gasteiger partial charge < -0.3 is 10.8 Å². The van der Waals surface area contributed by atoms with Crippen LogP contribution in [0, 0.1) is 5.41 Å². The Labute approximate surface area is 140 Å². The van der Waals surface area contributed by atoms with Crippen LogP contribution in [0.1, 0.15) is 43.0 Å². The van der Waals surface area contributed by atoms with Gasteiger partial charge in [0.05, 0.1) is 11.0 Å². The first kappa shape index (κ1) is 18.8. The number of nitrogens with one attached hydrogen (secondary N) is 2. The fourth-order valence-corrected chi connectivity index (χ4v) is 2.37. The average molecular weight is 340 g/mol. The van der Waals surface area contributed by atoms with Crippen molar-refractivity contribution in [3.05, 3.63) is 23.8 Å². The fourth-order valence-electron chi connectivity index (χ4n) is 2.37. The smallest absolute Gasteiger partial charge is 0.294 e. The second kappa shape index (κ2) is 8.38. The van der Waals surface area contributed by atoms with Crippen LogP contribution in [0.25, 0.3) is 11.0 Å². The number of aromatic hydroxyl groups is 1. The Balaban J connectivity index is 0.00000264. The summed E-state index contributed by atoms with van der Waals surface area (Å²) in [6.07, 6.45) is 4.40. The quantitative estimate of drug-likeness (QED) is 0.367. The SMILES string of the molecule is CCCCCCn1c(O)nc2cc(C(=O)NC(=N)N)ccc21.Cl. The van der Waals surface area contributed by atoms with E-state index in [0.29, 0.717) is 17.6 Å². The van der Waals surface area contributed by atoms with E-state index in [-0.39, 0.29) is 18.4 Å². The summed E-state index contributed by atoms with van der Waals surface area (Å²) in [5.41, 5.74) is 6.82. The van der Waals surface area contributed by atoms with Crippen molar-refractivity contribution in [2.24, 2.45) is 5.73 Å². The molecule has 0 unspecified atom stereocenters. The van der Waals surface area contributed by atoms with Gasteiger partial charge in [0.25, 0.3) is 11.9 Å². The van der Waals surface area contributed by atoms with Crippen LogP contribution in [0.15, 0.2) is 18.2 Å². The van der Waals surface area contributed by atoms with Crippen LogP contribution in [0.2, 0.25) is 0 Å². The molecule has 0 fully saturated rings. The summed E-state index contributed by atoms with van der Waals surface area (Å²) in [7, 11) is 0. The molecule has 0 saturated carbocycles. The summed E-state index contributed by atoms with van der Waals surface area (Å²) in [5, 5.41) is 19.3. The lowest BCUT2D eigenvalue weighted by Gasteiger charge is -2.06. The maximum Gasteiger partial charge on any atom is 0.294 e. The van der Waals surface area contributed by atoms with Crippen molar-refractivity contribution in [1.82, 2.24) is 14.9 Å². The molecular weight excluding hydrogens is 318 g/mol. The van der Waals surface area contributed by atoms with Gasteiger partial charge in [0.15, 0.2) is 5.96 Å². The molecule has 0 aliphatic rings. The van der Waals surface area contributed by atoms with Crippen LogP contribution in [-0.2, 0) is 6.54 Å². The van der Waals surface area contributed by atoms with E-state index in [1.165, 1.54) is 6.42 Å². The first-order valence-corrected chi connectivity index (χ1v) is 7.37. The molecule has 2 rings (SSSR count). The number of benzene rings is 1. The maximum atomic E-state index is 11.8. The molecule has 0 aliphatic heterocycles. The largest absolute Gasteiger partial charge is 0.480 e. The van der Waals surface area contributed by atoms with Crippen molar-refractivity contribution in [2.45, 2.75) is 39.2 Å². The van der Waals surface area contributed by atoms with Gasteiger partial charge in [0, 0.05) is 12.1 Å². The number of fused-ring (bicyclic) bond motifs is 1. The number of rotatable bonds is 6. The third-order valence-electron chi connectivity index (χ3n) is 3.47. The van der Waals surface area contributed by atoms with E-state index in [2.05, 4.69) is 17.2 Å². The Kier molecular flexibility index (Phi) is 6.84. The lowest BCUT2D eigenvalue weighted by atomic mass is 10.2. The highest BCUT2D eigenvalue weighted by atomic mass is 35.5. The summed E-state index contributed by atoms with van der Waals surface area (Å²) in [4.78, 5) is 15.9. The van der Waals surface area contributed by atoms with Crippen molar-refractivity contribution in [3.8, 4) is 6.01 Å². The highest BCUT2D eigenvalue weighted by molar-refractivity contribution is 6.05. The van der Waals surface area contributed by atoms with Crippen molar-refractivity contribution in [2.75, 3.05) is 0 Å². The molecule has 126 valence electrons. The van der Waals surface area contributed by atoms with Gasteiger partial charge in [-0.05, 0) is 24.6 Å². The van der Waals surface area contributed by atoms with Gasteiger partial charge in [0.2, 0.25) is 0 Å². The lowest BCUT2D eigenvalue weighted by Crippen LogP contribution is -2.35. The van der Waals surface area contributed by atoms with Crippen LogP contribution in [0.4, 0.5) is 0 Å². The molecule has 2 aromatic rings. The van der Waals surface area contributed by atoms with Crippen molar-refractivity contribution >= 4 is 35.3 Å². The molecule has 0 spiro atoms. The Morgan fingerprint density at radius 3 is 2.78 bits per heavy atom. The van der Waals surface area contributed by atoms with Gasteiger partial charge >= 0.3 is 0 Å². The molecule has 0 aliphatic carbocycles. The molecular formula is C15H22ClN5O2. The number of aromatic nitrogens is 2. The Morgan fingerprint density at radius 1 is 1.39 bits per heavy atom. The standard InChI is InChI=1S/C15H21N5O2.ClH/c1-2-3-4-5-8-20-12-7-6-10(13(21)19-14(16)17)9-11(12)18-15(20)22;/h6-7,9H,2-5,8H2,1H3,(H,18,22)(H4,16,17,19,21);1H. The maximum absolute atomic E-state index is 11.8. The number of nitrogens with zero attached hydrogens (tertiary/aromatic N) is 2. The predicted molar refractivity (Wildman–Crippen MR) is 92.2 cm³/mol. The topological polar surface area (TPSA) is 117 Å². The fraction of sp³-hybridized carbons (Fsp3) is 0.400. The predicted octanol–water partition coefficient (Wildman–Crippen LogP) is 2.37. The zero-order chi connectivity index (χ0) is 16.1. The minimum Gasteiger partial charge on any atom is -0.480 e. The normalized spacial score (nSPS) is 10.3. The van der Waals surface area contributed by atoms with E-state index >= 15 is 0 Å². The molecule has 0 bridgehead atoms. The van der Waals surface area contributed by atoms with E-state index in [1.54, 1.807) is 22.8 Å². The van der Waals surface area contributed by atoms with E-state index < -0.39 is 11.9 Å². The number of carbonyl (C=O) groups is 1. The molecule has 1 amide bonds. The van der Waals surface area contributed by atoms with Gasteiger partial charge in [-0.15, -0.1) is 12.4 Å². The first-order valence-electron chi connectivity index (χ1n) is 7.37. The van der Waals surface area contributed by atoms with Gasteiger partial charge in [-0.2, -0.15) is 4.98 Å². The van der Waals surface area contributed by atoms with Crippen molar-refractivity contribution in [3.63, 3.8) is 0 Å². The monoisotopic (exact) mass is 339 g/mol. The third-order valence-corrected chi connectivity index (χ3v) is 3.47. The summed E-state index contributed by atoms with van der Waals surface area (Å²) < 4.78 is 1.75. The van der Waals surface area contributed by atoms with Gasteiger partial charge in [-0.25, -0.2) is 0 Å². The van der Waals surface area contributed by atoms with E-state index in [1.807, 2.05) is 0 Å². The molecule has 8 heteroatoms. The number of imidazole rings is 1. The molecule has 23 heavy (non-hydrogen) atoms. The molecule has 1 heterocycles. The van der Waals surface area contributed by atoms with Crippen LogP contribution >= 0.6 is 12.4 Å². The molecule has 0 atom stereocenters. The number of hydrogen-bond acceptors (Lipinski definition) is 4. The summed E-state index contributed by atoms with van der Waals surface area (Å²) >= 11 is 0. The number of hydrogen-bond donors (Lipinski definition) is 4. The number of aryl methyl sites for hydroxylation is 1. The third kappa shape index (κ3) is 4.59. The van der Waals surface area contributed by atoms with Crippen LogP contribution < -0.4 is 11.1 Å². The summed E-state index contributed by atoms with van der Waals surface area (Å²) in [6.45, 7) is 2.85. The first-order chi connectivity index (χ1) is 10.5.